The van der Waals surface area contributed by atoms with Crippen molar-refractivity contribution in [1.29, 1.82) is 0 Å². The molecular formula is C6H8O12S2. The van der Waals surface area contributed by atoms with E-state index in [2.05, 4.69) is 4.74 Å². The predicted molar refractivity (Wildman–Crippen MR) is 56.2 cm³/mol. The Labute approximate surface area is 111 Å². The summed E-state index contributed by atoms with van der Waals surface area (Å²) in [5, 5.41) is 36.9. The molecular weight excluding hydrogens is 328 g/mol. The van der Waals surface area contributed by atoms with Gasteiger partial charge in [0, 0.05) is 0 Å². The van der Waals surface area contributed by atoms with Crippen LogP contribution in [0.5, 0.6) is 0 Å². The minimum absolute atomic E-state index is 1.48. The van der Waals surface area contributed by atoms with E-state index >= 15 is 0 Å². The Hall–Kier alpha value is -1.45. The molecule has 6 N–H and O–H groups in total. The van der Waals surface area contributed by atoms with Gasteiger partial charge in [-0.1, -0.05) is 0 Å². The van der Waals surface area contributed by atoms with E-state index in [0.717, 1.165) is 0 Å². The lowest BCUT2D eigenvalue weighted by Gasteiger charge is -2.29. The Morgan fingerprint density at radius 1 is 1.10 bits per heavy atom. The van der Waals surface area contributed by atoms with Crippen molar-refractivity contribution in [3.8, 4) is 0 Å². The summed E-state index contributed by atoms with van der Waals surface area (Å²) in [7, 11) is -12.1. The molecule has 0 saturated heterocycles. The van der Waals surface area contributed by atoms with E-state index in [1.807, 2.05) is 0 Å². The minimum atomic E-state index is -6.06. The summed E-state index contributed by atoms with van der Waals surface area (Å²) in [6.45, 7) is 0. The van der Waals surface area contributed by atoms with Crippen LogP contribution in [0.1, 0.15) is 0 Å². The number of hydrogen-bond donors (Lipinski definition) is 6. The number of carbonyl (C=O) groups is 1. The van der Waals surface area contributed by atoms with Crippen LogP contribution in [-0.4, -0.2) is 68.8 Å². The number of aliphatic hydroxyl groups excluding tert-OH is 3. The average Bonchev–Trinajstić information content (AvgIpc) is 2.52. The minimum Gasteiger partial charge on any atom is -0.505 e. The summed E-state index contributed by atoms with van der Waals surface area (Å²) in [6, 6.07) is 0. The zero-order valence-electron chi connectivity index (χ0n) is 9.10. The normalized spacial score (nSPS) is 22.8. The van der Waals surface area contributed by atoms with Crippen LogP contribution in [-0.2, 0) is 29.8 Å². The molecule has 20 heavy (non-hydrogen) atoms. The summed E-state index contributed by atoms with van der Waals surface area (Å²) in [6.07, 6.45) is -5.82. The highest BCUT2D eigenvalue weighted by Crippen LogP contribution is 2.32. The van der Waals surface area contributed by atoms with Crippen molar-refractivity contribution in [3.63, 3.8) is 0 Å². The third kappa shape index (κ3) is 2.21. The second kappa shape index (κ2) is 4.54. The van der Waals surface area contributed by atoms with Crippen molar-refractivity contribution in [3.05, 3.63) is 11.5 Å². The topological polar surface area (TPSA) is 216 Å². The molecule has 116 valence electrons. The molecule has 0 aromatic heterocycles. The molecule has 0 bridgehead atoms. The molecule has 0 saturated carbocycles. The van der Waals surface area contributed by atoms with Crippen LogP contribution < -0.4 is 0 Å². The highest BCUT2D eigenvalue weighted by molar-refractivity contribution is 8.05. The van der Waals surface area contributed by atoms with Gasteiger partial charge in [-0.2, -0.15) is 16.8 Å². The lowest BCUT2D eigenvalue weighted by atomic mass is 10.2. The van der Waals surface area contributed by atoms with E-state index < -0.39 is 54.2 Å². The van der Waals surface area contributed by atoms with E-state index in [1.54, 1.807) is 0 Å². The third-order valence-corrected chi connectivity index (χ3v) is 5.56. The Balaban J connectivity index is 3.45. The van der Waals surface area contributed by atoms with Gasteiger partial charge in [0.15, 0.2) is 18.0 Å². The summed E-state index contributed by atoms with van der Waals surface area (Å²) in [5.74, 6) is -4.66. The Bertz CT molecular complexity index is 637. The molecule has 0 radical (unpaired) electrons. The fourth-order valence-electron chi connectivity index (χ4n) is 1.31. The van der Waals surface area contributed by atoms with E-state index in [0.29, 0.717) is 0 Å². The lowest BCUT2D eigenvalue weighted by Crippen LogP contribution is -2.59. The quantitative estimate of drug-likeness (QED) is 0.224. The molecule has 12 nitrogen and oxygen atoms in total. The first-order chi connectivity index (χ1) is 8.75. The summed E-state index contributed by atoms with van der Waals surface area (Å²) in [5.41, 5.74) is 0. The molecule has 0 aromatic rings. The first kappa shape index (κ1) is 16.6. The predicted octanol–water partition coefficient (Wildman–Crippen LogP) is -2.98. The molecule has 1 aliphatic rings. The summed E-state index contributed by atoms with van der Waals surface area (Å²) in [4.78, 5) is 10.8. The molecule has 0 fully saturated rings. The van der Waals surface area contributed by atoms with Gasteiger partial charge in [0.05, 0.1) is 0 Å². The van der Waals surface area contributed by atoms with Gasteiger partial charge in [-0.25, -0.2) is 4.79 Å². The van der Waals surface area contributed by atoms with Crippen molar-refractivity contribution in [2.45, 2.75) is 16.5 Å². The number of ether oxygens (including phenoxy) is 1. The highest BCUT2D eigenvalue weighted by atomic mass is 32.3. The Kier molecular flexibility index (Phi) is 3.77. The van der Waals surface area contributed by atoms with Crippen molar-refractivity contribution in [1.82, 2.24) is 0 Å². The van der Waals surface area contributed by atoms with Gasteiger partial charge in [0.25, 0.3) is 0 Å². The molecule has 0 aromatic carbocycles. The van der Waals surface area contributed by atoms with Gasteiger partial charge in [-0.05, 0) is 0 Å². The van der Waals surface area contributed by atoms with Gasteiger partial charge in [0.1, 0.15) is 0 Å². The smallest absolute Gasteiger partial charge is 0.377 e. The first-order valence-electron chi connectivity index (χ1n) is 4.42. The van der Waals surface area contributed by atoms with Gasteiger partial charge in [-0.3, -0.25) is 9.11 Å². The maximum absolute atomic E-state index is 10.9. The van der Waals surface area contributed by atoms with Crippen molar-refractivity contribution >= 4 is 26.2 Å². The fourth-order valence-corrected chi connectivity index (χ4v) is 3.23. The molecule has 1 aliphatic heterocycles. The second-order valence-corrected chi connectivity index (χ2v) is 6.99. The molecule has 1 rings (SSSR count). The highest BCUT2D eigenvalue weighted by Gasteiger charge is 2.64. The van der Waals surface area contributed by atoms with Crippen molar-refractivity contribution < 1.29 is 55.9 Å². The largest absolute Gasteiger partial charge is 0.505 e. The number of cyclic esters (lactones) is 1. The Morgan fingerprint density at radius 2 is 1.50 bits per heavy atom. The number of aliphatic hydroxyl groups is 4. The first-order valence-corrected chi connectivity index (χ1v) is 7.30. The van der Waals surface area contributed by atoms with Crippen LogP contribution in [0, 0.1) is 0 Å². The van der Waals surface area contributed by atoms with Gasteiger partial charge in [-0.15, -0.1) is 0 Å². The number of rotatable bonds is 4. The third-order valence-electron chi connectivity index (χ3n) is 2.34. The molecule has 0 unspecified atom stereocenters. The van der Waals surface area contributed by atoms with Gasteiger partial charge >= 0.3 is 30.5 Å². The molecule has 2 atom stereocenters. The SMILES string of the molecule is O=C1O[C@H]([C@@H](O)C(O)(S(=O)(=O)O)S(=O)(=O)O)C(O)=C1O. The van der Waals surface area contributed by atoms with E-state index in [1.165, 1.54) is 0 Å². The maximum Gasteiger partial charge on any atom is 0.377 e. The van der Waals surface area contributed by atoms with E-state index in [9.17, 15) is 31.8 Å². The summed E-state index contributed by atoms with van der Waals surface area (Å²) >= 11 is 0. The number of hydrogen-bond acceptors (Lipinski definition) is 10. The number of carbonyl (C=O) groups excluding carboxylic acids is 1. The molecule has 1 heterocycles. The fraction of sp³-hybridized carbons (Fsp3) is 0.500. The number of esters is 1. The van der Waals surface area contributed by atoms with Crippen LogP contribution in [0.15, 0.2) is 11.5 Å². The van der Waals surface area contributed by atoms with Crippen LogP contribution >= 0.6 is 0 Å². The molecule has 14 heteroatoms. The van der Waals surface area contributed by atoms with Crippen LogP contribution in [0.3, 0.4) is 0 Å². The van der Waals surface area contributed by atoms with Crippen LogP contribution in [0.25, 0.3) is 0 Å². The Morgan fingerprint density at radius 3 is 1.75 bits per heavy atom. The van der Waals surface area contributed by atoms with Crippen molar-refractivity contribution in [2.75, 3.05) is 0 Å². The molecule has 0 amide bonds. The average molecular weight is 336 g/mol. The second-order valence-electron chi connectivity index (χ2n) is 3.59. The van der Waals surface area contributed by atoms with Crippen LogP contribution in [0.2, 0.25) is 0 Å². The summed E-state index contributed by atoms with van der Waals surface area (Å²) < 4.78 is 60.2. The maximum atomic E-state index is 10.9. The van der Waals surface area contributed by atoms with Crippen LogP contribution in [0.4, 0.5) is 0 Å². The molecule has 0 aliphatic carbocycles. The van der Waals surface area contributed by atoms with E-state index in [4.69, 9.17) is 19.3 Å². The lowest BCUT2D eigenvalue weighted by molar-refractivity contribution is -0.150. The van der Waals surface area contributed by atoms with E-state index in [-0.39, 0.29) is 0 Å². The zero-order valence-corrected chi connectivity index (χ0v) is 10.7. The van der Waals surface area contributed by atoms with Crippen molar-refractivity contribution in [2.24, 2.45) is 0 Å². The monoisotopic (exact) mass is 336 g/mol. The van der Waals surface area contributed by atoms with Gasteiger partial charge in [0.2, 0.25) is 5.76 Å². The standard InChI is InChI=1S/C6H8O12S2/c7-1-2(8)5(10)18-3(1)4(9)6(11,19(12,13)14)20(15,16)17/h3-4,7-9,11H,(H,12,13,14)(H,15,16,17)/t3-,4+/m0/s1. The zero-order chi connectivity index (χ0) is 16.1. The molecule has 0 spiro atoms. The van der Waals surface area contributed by atoms with Gasteiger partial charge < -0.3 is 25.2 Å².